The van der Waals surface area contributed by atoms with Crippen molar-refractivity contribution in [3.8, 4) is 11.4 Å². The molecule has 0 aliphatic rings. The average Bonchev–Trinajstić information content (AvgIpc) is 2.40. The number of fused-ring (bicyclic) bond motifs is 1. The van der Waals surface area contributed by atoms with E-state index in [2.05, 4.69) is 25.9 Å². The first-order chi connectivity index (χ1) is 9.54. The van der Waals surface area contributed by atoms with Crippen LogP contribution in [0.15, 0.2) is 40.9 Å². The number of benzene rings is 2. The zero-order valence-electron chi connectivity index (χ0n) is 10.5. The van der Waals surface area contributed by atoms with E-state index in [1.54, 1.807) is 12.1 Å². The molecule has 0 spiro atoms. The number of aromatic nitrogens is 2. The summed E-state index contributed by atoms with van der Waals surface area (Å²) in [6.07, 6.45) is 0. The Hall–Kier alpha value is -1.52. The van der Waals surface area contributed by atoms with Gasteiger partial charge < -0.3 is 0 Å². The van der Waals surface area contributed by atoms with Gasteiger partial charge in [0.1, 0.15) is 11.0 Å². The largest absolute Gasteiger partial charge is 0.228 e. The molecule has 0 unspecified atom stereocenters. The minimum Gasteiger partial charge on any atom is -0.228 e. The number of hydrogen-bond acceptors (Lipinski definition) is 2. The Bertz CT molecular complexity index is 803. The summed E-state index contributed by atoms with van der Waals surface area (Å²) in [5.74, 6) is 0.202. The molecular weight excluding hydrogens is 343 g/mol. The van der Waals surface area contributed by atoms with Crippen LogP contribution in [0, 0.1) is 12.7 Å². The Morgan fingerprint density at radius 2 is 1.80 bits per heavy atom. The maximum atomic E-state index is 13.0. The third-order valence-corrected chi connectivity index (χ3v) is 3.76. The molecule has 3 aromatic rings. The Kier molecular flexibility index (Phi) is 3.44. The monoisotopic (exact) mass is 350 g/mol. The van der Waals surface area contributed by atoms with Crippen LogP contribution in [0.2, 0.25) is 5.15 Å². The molecule has 2 aromatic carbocycles. The molecule has 0 amide bonds. The van der Waals surface area contributed by atoms with E-state index >= 15 is 0 Å². The molecule has 0 saturated heterocycles. The zero-order chi connectivity index (χ0) is 14.3. The first-order valence-corrected chi connectivity index (χ1v) is 7.11. The summed E-state index contributed by atoms with van der Waals surface area (Å²) in [6, 6.07) is 9.90. The smallest absolute Gasteiger partial charge is 0.161 e. The van der Waals surface area contributed by atoms with Crippen LogP contribution in [0.3, 0.4) is 0 Å². The summed E-state index contributed by atoms with van der Waals surface area (Å²) in [4.78, 5) is 8.83. The minimum absolute atomic E-state index is 0.291. The third-order valence-electron chi connectivity index (χ3n) is 3.01. The van der Waals surface area contributed by atoms with Crippen molar-refractivity contribution in [2.24, 2.45) is 0 Å². The SMILES string of the molecule is Cc1cc(Br)cc2c(Cl)nc(-c3ccc(F)cc3)nc12. The van der Waals surface area contributed by atoms with Crippen LogP contribution in [-0.4, -0.2) is 9.97 Å². The number of hydrogen-bond donors (Lipinski definition) is 0. The molecule has 20 heavy (non-hydrogen) atoms. The van der Waals surface area contributed by atoms with Crippen molar-refractivity contribution in [1.82, 2.24) is 9.97 Å². The molecule has 2 nitrogen and oxygen atoms in total. The van der Waals surface area contributed by atoms with Crippen LogP contribution >= 0.6 is 27.5 Å². The van der Waals surface area contributed by atoms with E-state index in [1.807, 2.05) is 19.1 Å². The minimum atomic E-state index is -0.291. The Morgan fingerprint density at radius 1 is 1.10 bits per heavy atom. The summed E-state index contributed by atoms with van der Waals surface area (Å²) in [5, 5.41) is 1.18. The number of rotatable bonds is 1. The molecular formula is C15H9BrClFN2. The molecule has 5 heteroatoms. The molecule has 3 rings (SSSR count). The molecule has 0 fully saturated rings. The maximum Gasteiger partial charge on any atom is 0.161 e. The van der Waals surface area contributed by atoms with E-state index in [1.165, 1.54) is 12.1 Å². The molecule has 1 aromatic heterocycles. The van der Waals surface area contributed by atoms with Gasteiger partial charge in [-0.05, 0) is 48.9 Å². The molecule has 0 radical (unpaired) electrons. The van der Waals surface area contributed by atoms with Crippen LogP contribution in [0.4, 0.5) is 4.39 Å². The van der Waals surface area contributed by atoms with E-state index in [0.717, 1.165) is 26.5 Å². The standard InChI is InChI=1S/C15H9BrClFN2/c1-8-6-10(16)7-12-13(8)19-15(20-14(12)17)9-2-4-11(18)5-3-9/h2-7H,1H3. The van der Waals surface area contributed by atoms with Crippen molar-refractivity contribution in [2.45, 2.75) is 6.92 Å². The summed E-state index contributed by atoms with van der Waals surface area (Å²) in [7, 11) is 0. The van der Waals surface area contributed by atoms with Crippen LogP contribution < -0.4 is 0 Å². The first kappa shape index (κ1) is 13.5. The van der Waals surface area contributed by atoms with Crippen LogP contribution in [0.25, 0.3) is 22.3 Å². The number of halogens is 3. The maximum absolute atomic E-state index is 13.0. The fourth-order valence-electron chi connectivity index (χ4n) is 2.05. The third kappa shape index (κ3) is 2.41. The topological polar surface area (TPSA) is 25.8 Å². The lowest BCUT2D eigenvalue weighted by Crippen LogP contribution is -1.94. The summed E-state index contributed by atoms with van der Waals surface area (Å²) in [6.45, 7) is 1.96. The lowest BCUT2D eigenvalue weighted by atomic mass is 10.1. The second kappa shape index (κ2) is 5.11. The second-order valence-corrected chi connectivity index (χ2v) is 5.74. The number of nitrogens with zero attached hydrogens (tertiary/aromatic N) is 2. The van der Waals surface area contributed by atoms with Gasteiger partial charge in [-0.25, -0.2) is 14.4 Å². The van der Waals surface area contributed by atoms with Gasteiger partial charge in [-0.3, -0.25) is 0 Å². The van der Waals surface area contributed by atoms with Gasteiger partial charge in [-0.15, -0.1) is 0 Å². The normalized spacial score (nSPS) is 11.0. The molecule has 0 bridgehead atoms. The summed E-state index contributed by atoms with van der Waals surface area (Å²) < 4.78 is 13.9. The highest BCUT2D eigenvalue weighted by atomic mass is 79.9. The second-order valence-electron chi connectivity index (χ2n) is 4.46. The van der Waals surface area contributed by atoms with Crippen LogP contribution in [0.5, 0.6) is 0 Å². The van der Waals surface area contributed by atoms with Gasteiger partial charge in [0.05, 0.1) is 5.52 Å². The summed E-state index contributed by atoms with van der Waals surface area (Å²) >= 11 is 9.67. The van der Waals surface area contributed by atoms with E-state index in [0.29, 0.717) is 11.0 Å². The molecule has 1 heterocycles. The van der Waals surface area contributed by atoms with Crippen molar-refractivity contribution < 1.29 is 4.39 Å². The Balaban J connectivity index is 2.26. The van der Waals surface area contributed by atoms with Gasteiger partial charge in [0.15, 0.2) is 5.82 Å². The van der Waals surface area contributed by atoms with Gasteiger partial charge in [0.25, 0.3) is 0 Å². The highest BCUT2D eigenvalue weighted by Crippen LogP contribution is 2.29. The average molecular weight is 352 g/mol. The molecule has 0 aliphatic heterocycles. The van der Waals surface area contributed by atoms with Crippen LogP contribution in [-0.2, 0) is 0 Å². The predicted molar refractivity (Wildman–Crippen MR) is 82.4 cm³/mol. The molecule has 0 saturated carbocycles. The zero-order valence-corrected chi connectivity index (χ0v) is 12.8. The van der Waals surface area contributed by atoms with E-state index in [4.69, 9.17) is 11.6 Å². The quantitative estimate of drug-likeness (QED) is 0.566. The van der Waals surface area contributed by atoms with E-state index in [-0.39, 0.29) is 5.82 Å². The van der Waals surface area contributed by atoms with Crippen molar-refractivity contribution in [3.63, 3.8) is 0 Å². The van der Waals surface area contributed by atoms with Gasteiger partial charge >= 0.3 is 0 Å². The molecule has 0 N–H and O–H groups in total. The fraction of sp³-hybridized carbons (Fsp3) is 0.0667. The van der Waals surface area contributed by atoms with Gasteiger partial charge in [0, 0.05) is 15.4 Å². The van der Waals surface area contributed by atoms with Crippen LogP contribution in [0.1, 0.15) is 5.56 Å². The van der Waals surface area contributed by atoms with Gasteiger partial charge in [0.2, 0.25) is 0 Å². The van der Waals surface area contributed by atoms with Crippen molar-refractivity contribution in [3.05, 3.63) is 57.4 Å². The Labute approximate surface area is 128 Å². The van der Waals surface area contributed by atoms with Crippen molar-refractivity contribution in [2.75, 3.05) is 0 Å². The Morgan fingerprint density at radius 3 is 2.50 bits per heavy atom. The van der Waals surface area contributed by atoms with Gasteiger partial charge in [-0.1, -0.05) is 27.5 Å². The highest BCUT2D eigenvalue weighted by molar-refractivity contribution is 9.10. The van der Waals surface area contributed by atoms with E-state index in [9.17, 15) is 4.39 Å². The van der Waals surface area contributed by atoms with Crippen molar-refractivity contribution >= 4 is 38.4 Å². The number of aryl methyl sites for hydroxylation is 1. The highest BCUT2D eigenvalue weighted by Gasteiger charge is 2.10. The van der Waals surface area contributed by atoms with Gasteiger partial charge in [-0.2, -0.15) is 0 Å². The van der Waals surface area contributed by atoms with E-state index < -0.39 is 0 Å². The predicted octanol–water partition coefficient (Wildman–Crippen LogP) is 5.16. The lowest BCUT2D eigenvalue weighted by Gasteiger charge is -2.07. The molecule has 0 aliphatic carbocycles. The molecule has 0 atom stereocenters. The fourth-order valence-corrected chi connectivity index (χ4v) is 2.85. The van der Waals surface area contributed by atoms with Crippen molar-refractivity contribution in [1.29, 1.82) is 0 Å². The molecule has 100 valence electrons. The first-order valence-electron chi connectivity index (χ1n) is 5.94. The lowest BCUT2D eigenvalue weighted by molar-refractivity contribution is 0.628. The summed E-state index contributed by atoms with van der Waals surface area (Å²) in [5.41, 5.74) is 2.53.